The fraction of sp³-hybridized carbons (Fsp3) is 0.500. The molecule has 2 heterocycles. The summed E-state index contributed by atoms with van der Waals surface area (Å²) in [5, 5.41) is 12.9. The molecule has 39 heavy (non-hydrogen) atoms. The highest BCUT2D eigenvalue weighted by molar-refractivity contribution is 6.07. The number of likely N-dealkylation sites (tertiary alicyclic amines) is 2. The third-order valence-electron chi connectivity index (χ3n) is 11.3. The van der Waals surface area contributed by atoms with Gasteiger partial charge in [-0.2, -0.15) is 0 Å². The fourth-order valence-corrected chi connectivity index (χ4v) is 9.98. The highest BCUT2D eigenvalue weighted by Gasteiger charge is 2.72. The van der Waals surface area contributed by atoms with Gasteiger partial charge >= 0.3 is 0 Å². The first-order chi connectivity index (χ1) is 18.9. The zero-order valence-corrected chi connectivity index (χ0v) is 23.3. The van der Waals surface area contributed by atoms with Crippen molar-refractivity contribution >= 4 is 16.7 Å². The van der Waals surface area contributed by atoms with E-state index < -0.39 is 0 Å². The summed E-state index contributed by atoms with van der Waals surface area (Å²) in [5.41, 5.74) is 9.60. The van der Waals surface area contributed by atoms with Crippen LogP contribution >= 0.6 is 0 Å². The van der Waals surface area contributed by atoms with Gasteiger partial charge in [-0.15, -0.1) is 0 Å². The number of phenolic OH excluding ortho intramolecular Hbond substituents is 1. The van der Waals surface area contributed by atoms with Crippen molar-refractivity contribution in [3.63, 3.8) is 0 Å². The minimum absolute atomic E-state index is 0.0394. The molecule has 2 aliphatic carbocycles. The lowest BCUT2D eigenvalue weighted by Crippen LogP contribution is -2.66. The number of amides is 1. The molecule has 5 nitrogen and oxygen atoms in total. The maximum absolute atomic E-state index is 14.3. The minimum Gasteiger partial charge on any atom is -0.508 e. The van der Waals surface area contributed by atoms with E-state index in [1.54, 1.807) is 0 Å². The Labute approximate surface area is 232 Å². The number of nitrogens with zero attached hydrogens (tertiary/aromatic N) is 2. The van der Waals surface area contributed by atoms with Crippen molar-refractivity contribution < 1.29 is 9.90 Å². The second-order valence-electron chi connectivity index (χ2n) is 12.8. The molecule has 0 spiro atoms. The number of nitrogens with two attached hydrogens (primary N) is 1. The summed E-state index contributed by atoms with van der Waals surface area (Å²) in [5.74, 6) is 1.40. The molecule has 3 fully saturated rings. The molecule has 4 aliphatic rings. The molecule has 1 amide bonds. The van der Waals surface area contributed by atoms with E-state index in [2.05, 4.69) is 54.0 Å². The van der Waals surface area contributed by atoms with Gasteiger partial charge in [0.25, 0.3) is 5.91 Å². The Kier molecular flexibility index (Phi) is 5.84. The normalized spacial score (nSPS) is 33.2. The van der Waals surface area contributed by atoms with Crippen LogP contribution < -0.4 is 5.73 Å². The van der Waals surface area contributed by atoms with E-state index in [0.29, 0.717) is 23.6 Å². The zero-order valence-electron chi connectivity index (χ0n) is 23.3. The van der Waals surface area contributed by atoms with Crippen molar-refractivity contribution in [1.82, 2.24) is 9.80 Å². The number of rotatable bonds is 5. The number of carbonyl (C=O) groups excluding carboxylic acids is 1. The SMILES string of the molecule is CCC1C2[C@@H](CN1C(=O)c1cccc3ccccc13)CC1(C)C3Cc4ccc(O)cc4C21CCN3CCCN. The molecule has 2 aliphatic heterocycles. The molecule has 5 unspecified atom stereocenters. The van der Waals surface area contributed by atoms with E-state index >= 15 is 0 Å². The van der Waals surface area contributed by atoms with Gasteiger partial charge in [0.1, 0.15) is 5.75 Å². The van der Waals surface area contributed by atoms with Crippen LogP contribution in [-0.2, 0) is 11.8 Å². The summed E-state index contributed by atoms with van der Waals surface area (Å²) in [7, 11) is 0. The first-order valence-corrected chi connectivity index (χ1v) is 15.0. The van der Waals surface area contributed by atoms with E-state index in [9.17, 15) is 9.90 Å². The van der Waals surface area contributed by atoms with E-state index in [1.807, 2.05) is 30.3 Å². The van der Waals surface area contributed by atoms with Crippen LogP contribution in [-0.4, -0.2) is 59.1 Å². The number of benzene rings is 3. The zero-order chi connectivity index (χ0) is 26.9. The van der Waals surface area contributed by atoms with Crippen LogP contribution in [0.15, 0.2) is 60.7 Å². The third kappa shape index (κ3) is 3.35. The Morgan fingerprint density at radius 3 is 2.77 bits per heavy atom. The van der Waals surface area contributed by atoms with Gasteiger partial charge < -0.3 is 15.7 Å². The molecule has 0 radical (unpaired) electrons. The van der Waals surface area contributed by atoms with Gasteiger partial charge in [-0.3, -0.25) is 9.69 Å². The Morgan fingerprint density at radius 1 is 1.13 bits per heavy atom. The Bertz CT molecular complexity index is 1430. The summed E-state index contributed by atoms with van der Waals surface area (Å²) in [6.45, 7) is 8.48. The monoisotopic (exact) mass is 523 g/mol. The lowest BCUT2D eigenvalue weighted by molar-refractivity contribution is -0.0614. The summed E-state index contributed by atoms with van der Waals surface area (Å²) < 4.78 is 0. The number of hydrogen-bond donors (Lipinski definition) is 2. The highest BCUT2D eigenvalue weighted by Crippen LogP contribution is 2.71. The second-order valence-corrected chi connectivity index (χ2v) is 12.8. The number of hydrogen-bond acceptors (Lipinski definition) is 4. The minimum atomic E-state index is -0.0394. The third-order valence-corrected chi connectivity index (χ3v) is 11.3. The van der Waals surface area contributed by atoms with Gasteiger partial charge in [0.05, 0.1) is 0 Å². The number of carbonyl (C=O) groups is 1. The van der Waals surface area contributed by atoms with Crippen LogP contribution in [0, 0.1) is 17.3 Å². The van der Waals surface area contributed by atoms with Crippen LogP contribution in [0.5, 0.6) is 5.75 Å². The summed E-state index contributed by atoms with van der Waals surface area (Å²) >= 11 is 0. The number of piperidine rings is 1. The summed E-state index contributed by atoms with van der Waals surface area (Å²) in [6, 6.07) is 21.2. The molecule has 2 saturated heterocycles. The van der Waals surface area contributed by atoms with E-state index in [-0.39, 0.29) is 22.8 Å². The number of aromatic hydroxyl groups is 1. The average molecular weight is 524 g/mol. The Hall–Kier alpha value is -2.89. The van der Waals surface area contributed by atoms with Gasteiger partial charge in [0.2, 0.25) is 0 Å². The highest BCUT2D eigenvalue weighted by atomic mass is 16.3. The molecular weight excluding hydrogens is 482 g/mol. The first-order valence-electron chi connectivity index (χ1n) is 15.0. The average Bonchev–Trinajstić information content (AvgIpc) is 3.43. The smallest absolute Gasteiger partial charge is 0.254 e. The molecule has 3 aromatic carbocycles. The first kappa shape index (κ1) is 25.1. The summed E-state index contributed by atoms with van der Waals surface area (Å²) in [6.07, 6.45) is 5.22. The van der Waals surface area contributed by atoms with Gasteiger partial charge in [0, 0.05) is 29.6 Å². The fourth-order valence-electron chi connectivity index (χ4n) is 9.98. The summed E-state index contributed by atoms with van der Waals surface area (Å²) in [4.78, 5) is 19.3. The Balaban J connectivity index is 1.33. The molecule has 0 aromatic heterocycles. The molecule has 3 N–H and O–H groups in total. The van der Waals surface area contributed by atoms with E-state index in [4.69, 9.17) is 5.73 Å². The van der Waals surface area contributed by atoms with Gasteiger partial charge in [0.15, 0.2) is 0 Å². The maximum atomic E-state index is 14.3. The van der Waals surface area contributed by atoms with Crippen molar-refractivity contribution in [2.75, 3.05) is 26.2 Å². The van der Waals surface area contributed by atoms with Gasteiger partial charge in [-0.05, 0) is 109 Å². The quantitative estimate of drug-likeness (QED) is 0.474. The molecule has 6 atom stereocenters. The molecule has 5 heteroatoms. The van der Waals surface area contributed by atoms with E-state index in [1.165, 1.54) is 11.1 Å². The number of fused-ring (bicyclic) bond motifs is 3. The molecular formula is C34H41N3O2. The van der Waals surface area contributed by atoms with Gasteiger partial charge in [-0.25, -0.2) is 0 Å². The van der Waals surface area contributed by atoms with Crippen molar-refractivity contribution in [2.45, 2.75) is 63.5 Å². The lowest BCUT2D eigenvalue weighted by atomic mass is 9.48. The van der Waals surface area contributed by atoms with Crippen LogP contribution in [0.4, 0.5) is 0 Å². The molecule has 3 aromatic rings. The topological polar surface area (TPSA) is 69.8 Å². The molecule has 1 saturated carbocycles. The van der Waals surface area contributed by atoms with Crippen molar-refractivity contribution in [2.24, 2.45) is 23.0 Å². The largest absolute Gasteiger partial charge is 0.508 e. The predicted molar refractivity (Wildman–Crippen MR) is 156 cm³/mol. The Morgan fingerprint density at radius 2 is 1.95 bits per heavy atom. The van der Waals surface area contributed by atoms with E-state index in [0.717, 1.165) is 74.6 Å². The van der Waals surface area contributed by atoms with Crippen LogP contribution in [0.3, 0.4) is 0 Å². The number of phenols is 1. The van der Waals surface area contributed by atoms with Crippen LogP contribution in [0.1, 0.15) is 61.0 Å². The molecule has 7 rings (SSSR count). The molecule has 2 bridgehead atoms. The lowest BCUT2D eigenvalue weighted by Gasteiger charge is -2.63. The standard InChI is InChI=1S/C34H41N3O2/c1-3-29-31-24(21-37(29)32(39)27-11-6-9-22-8-4-5-10-26(22)27)20-33(2)30-18-23-12-13-25(38)19-28(23)34(31,33)14-17-36(30)16-7-15-35/h4-6,8-13,19,24,29-31,38H,3,7,14-18,20-21,35H2,1-2H3/t24-,29?,30?,31?,33?,34?/m1/s1. The van der Waals surface area contributed by atoms with Crippen LogP contribution in [0.2, 0.25) is 0 Å². The maximum Gasteiger partial charge on any atom is 0.254 e. The predicted octanol–water partition coefficient (Wildman–Crippen LogP) is 5.34. The van der Waals surface area contributed by atoms with Crippen LogP contribution in [0.25, 0.3) is 10.8 Å². The van der Waals surface area contributed by atoms with Crippen molar-refractivity contribution in [3.05, 3.63) is 77.4 Å². The molecule has 204 valence electrons. The van der Waals surface area contributed by atoms with Gasteiger partial charge in [-0.1, -0.05) is 56.3 Å². The van der Waals surface area contributed by atoms with Crippen molar-refractivity contribution in [3.8, 4) is 5.75 Å². The second kappa shape index (κ2) is 9.07. The van der Waals surface area contributed by atoms with Crippen molar-refractivity contribution in [1.29, 1.82) is 0 Å².